The fourth-order valence-corrected chi connectivity index (χ4v) is 6.65. The van der Waals surface area contributed by atoms with Gasteiger partial charge >= 0.3 is 0 Å². The monoisotopic (exact) mass is 472 g/mol. The summed E-state index contributed by atoms with van der Waals surface area (Å²) >= 11 is 18.7. The summed E-state index contributed by atoms with van der Waals surface area (Å²) in [7, 11) is -3.09. The first-order valence-corrected chi connectivity index (χ1v) is 12.5. The molecule has 8 heteroatoms. The highest BCUT2D eigenvalue weighted by molar-refractivity contribution is 7.89. The second-order valence-electron chi connectivity index (χ2n) is 7.78. The molecule has 1 unspecified atom stereocenters. The minimum atomic E-state index is -3.09. The maximum atomic E-state index is 12.3. The van der Waals surface area contributed by atoms with E-state index < -0.39 is 10.0 Å². The lowest BCUT2D eigenvalue weighted by Gasteiger charge is -2.42. The summed E-state index contributed by atoms with van der Waals surface area (Å²) in [6.07, 6.45) is 2.56. The average molecular weight is 474 g/mol. The largest absolute Gasteiger partial charge is 0.364 e. The van der Waals surface area contributed by atoms with Crippen LogP contribution >= 0.6 is 34.8 Å². The van der Waals surface area contributed by atoms with E-state index in [-0.39, 0.29) is 17.7 Å². The molecule has 0 aliphatic carbocycles. The molecule has 2 heterocycles. The van der Waals surface area contributed by atoms with Gasteiger partial charge in [0.15, 0.2) is 0 Å². The molecule has 4 rings (SSSR count). The van der Waals surface area contributed by atoms with E-state index >= 15 is 0 Å². The summed E-state index contributed by atoms with van der Waals surface area (Å²) in [5.41, 5.74) is 2.10. The van der Waals surface area contributed by atoms with Crippen LogP contribution in [0.15, 0.2) is 42.5 Å². The Morgan fingerprint density at radius 3 is 2.34 bits per heavy atom. The van der Waals surface area contributed by atoms with Crippen molar-refractivity contribution >= 4 is 50.5 Å². The molecule has 2 aliphatic rings. The first-order chi connectivity index (χ1) is 13.8. The Morgan fingerprint density at radius 1 is 0.966 bits per heavy atom. The van der Waals surface area contributed by atoms with E-state index in [4.69, 9.17) is 34.8 Å². The van der Waals surface area contributed by atoms with Gasteiger partial charge in [0.1, 0.15) is 0 Å². The van der Waals surface area contributed by atoms with Crippen molar-refractivity contribution in [2.24, 2.45) is 5.92 Å². The molecule has 156 valence electrons. The molecular weight excluding hydrogens is 451 g/mol. The van der Waals surface area contributed by atoms with Gasteiger partial charge in [0.25, 0.3) is 0 Å². The highest BCUT2D eigenvalue weighted by Gasteiger charge is 2.35. The van der Waals surface area contributed by atoms with E-state index in [0.29, 0.717) is 28.2 Å². The van der Waals surface area contributed by atoms with Gasteiger partial charge in [0.2, 0.25) is 10.0 Å². The molecule has 0 aromatic heterocycles. The van der Waals surface area contributed by atoms with E-state index in [1.807, 2.05) is 36.4 Å². The molecule has 0 amide bonds. The van der Waals surface area contributed by atoms with Crippen LogP contribution in [0.4, 0.5) is 5.69 Å². The quantitative estimate of drug-likeness (QED) is 0.577. The van der Waals surface area contributed by atoms with E-state index in [2.05, 4.69) is 4.90 Å². The smallest absolute Gasteiger partial charge is 0.214 e. The Labute approximate surface area is 187 Å². The van der Waals surface area contributed by atoms with E-state index in [1.165, 1.54) is 0 Å². The minimum Gasteiger partial charge on any atom is -0.364 e. The lowest BCUT2D eigenvalue weighted by molar-refractivity contribution is 0.295. The van der Waals surface area contributed by atoms with Crippen molar-refractivity contribution in [3.05, 3.63) is 63.1 Å². The van der Waals surface area contributed by atoms with Gasteiger partial charge in [0.05, 0.1) is 11.8 Å². The molecule has 2 aliphatic heterocycles. The first-order valence-electron chi connectivity index (χ1n) is 9.78. The van der Waals surface area contributed by atoms with Crippen molar-refractivity contribution < 1.29 is 8.42 Å². The summed E-state index contributed by atoms with van der Waals surface area (Å²) in [4.78, 5) is 2.32. The Kier molecular flexibility index (Phi) is 6.33. The van der Waals surface area contributed by atoms with Gasteiger partial charge < -0.3 is 4.90 Å². The molecule has 29 heavy (non-hydrogen) atoms. The van der Waals surface area contributed by atoms with E-state index in [9.17, 15) is 8.42 Å². The average Bonchev–Trinajstić information content (AvgIpc) is 3.01. The molecular formula is C21H23Cl3N2O2S. The van der Waals surface area contributed by atoms with Crippen LogP contribution in [0.2, 0.25) is 15.1 Å². The molecule has 0 N–H and O–H groups in total. The number of benzene rings is 2. The third-order valence-corrected chi connectivity index (χ3v) is 8.56. The van der Waals surface area contributed by atoms with Gasteiger partial charge in [-0.25, -0.2) is 12.7 Å². The van der Waals surface area contributed by atoms with Crippen LogP contribution < -0.4 is 4.90 Å². The molecule has 0 bridgehead atoms. The number of rotatable bonds is 4. The Balaban J connectivity index is 1.61. The highest BCUT2D eigenvalue weighted by atomic mass is 35.5. The van der Waals surface area contributed by atoms with Gasteiger partial charge in [-0.3, -0.25) is 0 Å². The fraction of sp³-hybridized carbons (Fsp3) is 0.429. The zero-order valence-corrected chi connectivity index (χ0v) is 19.0. The van der Waals surface area contributed by atoms with Crippen LogP contribution in [0.3, 0.4) is 0 Å². The van der Waals surface area contributed by atoms with Gasteiger partial charge in [-0.05, 0) is 67.1 Å². The lowest BCUT2D eigenvalue weighted by atomic mass is 9.88. The second-order valence-corrected chi connectivity index (χ2v) is 11.1. The summed E-state index contributed by atoms with van der Waals surface area (Å²) < 4.78 is 26.2. The molecule has 2 fully saturated rings. The number of hydrogen-bond acceptors (Lipinski definition) is 3. The van der Waals surface area contributed by atoms with E-state index in [0.717, 1.165) is 37.1 Å². The molecule has 0 radical (unpaired) electrons. The number of hydrogen-bond donors (Lipinski definition) is 0. The molecule has 2 saturated heterocycles. The van der Waals surface area contributed by atoms with Crippen molar-refractivity contribution in [1.29, 1.82) is 0 Å². The molecule has 0 saturated carbocycles. The Bertz CT molecular complexity index is 982. The van der Waals surface area contributed by atoms with Gasteiger partial charge in [-0.1, -0.05) is 40.9 Å². The van der Waals surface area contributed by atoms with Crippen molar-refractivity contribution in [3.8, 4) is 0 Å². The minimum absolute atomic E-state index is 0.104. The predicted molar refractivity (Wildman–Crippen MR) is 121 cm³/mol. The molecule has 2 aromatic rings. The third kappa shape index (κ3) is 4.70. The maximum absolute atomic E-state index is 12.3. The molecule has 2 aromatic carbocycles. The summed E-state index contributed by atoms with van der Waals surface area (Å²) in [5.74, 6) is 0.532. The molecule has 2 atom stereocenters. The molecule has 4 nitrogen and oxygen atoms in total. The number of piperidine rings is 1. The van der Waals surface area contributed by atoms with Crippen molar-refractivity contribution in [2.45, 2.75) is 25.3 Å². The van der Waals surface area contributed by atoms with Crippen molar-refractivity contribution in [1.82, 2.24) is 4.31 Å². The first kappa shape index (κ1) is 21.3. The SMILES string of the molecule is O=S1(=O)CCCN1C[C@@H]1CCC(c2ccc(Cl)cc2Cl)N(c2ccc(Cl)cc2)C1. The zero-order valence-electron chi connectivity index (χ0n) is 15.9. The van der Waals surface area contributed by atoms with Crippen LogP contribution in [0, 0.1) is 5.92 Å². The van der Waals surface area contributed by atoms with Crippen LogP contribution in [0.5, 0.6) is 0 Å². The summed E-state index contributed by atoms with van der Waals surface area (Å²) in [6, 6.07) is 13.5. The van der Waals surface area contributed by atoms with Crippen molar-refractivity contribution in [3.63, 3.8) is 0 Å². The van der Waals surface area contributed by atoms with E-state index in [1.54, 1.807) is 10.4 Å². The van der Waals surface area contributed by atoms with Gasteiger partial charge in [-0.2, -0.15) is 0 Å². The standard InChI is InChI=1S/C21H23Cl3N2O2S/c22-16-3-6-18(7-4-16)26-14-15(13-25-10-1-11-29(25,27)28)2-9-21(26)19-8-5-17(23)12-20(19)24/h3-8,12,15,21H,1-2,9-11,13-14H2/t15-,21?/m0/s1. The normalized spacial score (nSPS) is 24.7. The van der Waals surface area contributed by atoms with Crippen LogP contribution in [0.25, 0.3) is 0 Å². The second kappa shape index (κ2) is 8.64. The topological polar surface area (TPSA) is 40.6 Å². The summed E-state index contributed by atoms with van der Waals surface area (Å²) in [6.45, 7) is 1.97. The fourth-order valence-electron chi connectivity index (χ4n) is 4.39. The number of nitrogens with zero attached hydrogens (tertiary/aromatic N) is 2. The summed E-state index contributed by atoms with van der Waals surface area (Å²) in [5, 5.41) is 1.96. The van der Waals surface area contributed by atoms with Crippen LogP contribution in [0.1, 0.15) is 30.9 Å². The molecule has 0 spiro atoms. The number of halogens is 3. The van der Waals surface area contributed by atoms with Gasteiger partial charge in [0, 0.05) is 40.4 Å². The third-order valence-electron chi connectivity index (χ3n) is 5.82. The number of anilines is 1. The lowest BCUT2D eigenvalue weighted by Crippen LogP contribution is -2.43. The Hall–Kier alpha value is -0.980. The predicted octanol–water partition coefficient (Wildman–Crippen LogP) is 5.64. The van der Waals surface area contributed by atoms with Gasteiger partial charge in [-0.15, -0.1) is 0 Å². The maximum Gasteiger partial charge on any atom is 0.214 e. The van der Waals surface area contributed by atoms with Crippen molar-refractivity contribution in [2.75, 3.05) is 30.3 Å². The van der Waals surface area contributed by atoms with Crippen LogP contribution in [-0.2, 0) is 10.0 Å². The zero-order chi connectivity index (χ0) is 20.6. The Morgan fingerprint density at radius 2 is 1.69 bits per heavy atom. The van der Waals surface area contributed by atoms with Crippen LogP contribution in [-0.4, -0.2) is 38.1 Å². The number of sulfonamides is 1. The highest BCUT2D eigenvalue weighted by Crippen LogP contribution is 2.41.